The molecule has 1 heterocycles. The summed E-state index contributed by atoms with van der Waals surface area (Å²) in [5.74, 6) is 0.454. The van der Waals surface area contributed by atoms with E-state index in [1.807, 2.05) is 24.3 Å². The van der Waals surface area contributed by atoms with Gasteiger partial charge in [-0.3, -0.25) is 0 Å². The van der Waals surface area contributed by atoms with Crippen molar-refractivity contribution in [2.75, 3.05) is 13.1 Å². The third-order valence-corrected chi connectivity index (χ3v) is 3.29. The maximum Gasteiger partial charge on any atom is 0.407 e. The summed E-state index contributed by atoms with van der Waals surface area (Å²) in [5, 5.41) is 19.0. The summed E-state index contributed by atoms with van der Waals surface area (Å²) in [7, 11) is 0. The molecule has 1 aromatic rings. The van der Waals surface area contributed by atoms with Gasteiger partial charge in [-0.25, -0.2) is 4.79 Å². The first kappa shape index (κ1) is 11.9. The van der Waals surface area contributed by atoms with Crippen molar-refractivity contribution < 1.29 is 15.0 Å². The Morgan fingerprint density at radius 3 is 2.24 bits per heavy atom. The summed E-state index contributed by atoms with van der Waals surface area (Å²) in [6.45, 7) is 4.53. The van der Waals surface area contributed by atoms with Gasteiger partial charge in [-0.05, 0) is 17.0 Å². The van der Waals surface area contributed by atoms with E-state index in [9.17, 15) is 9.90 Å². The van der Waals surface area contributed by atoms with Crippen LogP contribution in [0.4, 0.5) is 4.79 Å². The molecule has 0 spiro atoms. The highest BCUT2D eigenvalue weighted by Gasteiger charge is 2.45. The van der Waals surface area contributed by atoms with Gasteiger partial charge in [0.2, 0.25) is 0 Å². The summed E-state index contributed by atoms with van der Waals surface area (Å²) in [5.41, 5.74) is 1.000. The summed E-state index contributed by atoms with van der Waals surface area (Å²) >= 11 is 0. The second-order valence-corrected chi connectivity index (χ2v) is 4.95. The molecule has 92 valence electrons. The number of aliphatic hydroxyl groups is 1. The summed E-state index contributed by atoms with van der Waals surface area (Å²) in [6.07, 6.45) is -0.978. The first-order valence-electron chi connectivity index (χ1n) is 5.73. The lowest BCUT2D eigenvalue weighted by Gasteiger charge is -2.45. The van der Waals surface area contributed by atoms with Crippen LogP contribution in [0.25, 0.3) is 0 Å². The third kappa shape index (κ3) is 2.13. The van der Waals surface area contributed by atoms with Crippen LogP contribution < -0.4 is 0 Å². The van der Waals surface area contributed by atoms with E-state index in [-0.39, 0.29) is 13.1 Å². The fourth-order valence-electron chi connectivity index (χ4n) is 2.08. The van der Waals surface area contributed by atoms with Gasteiger partial charge in [-0.15, -0.1) is 0 Å². The molecule has 4 heteroatoms. The minimum atomic E-state index is -1.01. The van der Waals surface area contributed by atoms with Gasteiger partial charge >= 0.3 is 6.09 Å². The molecule has 0 atom stereocenters. The average Bonchev–Trinajstić information content (AvgIpc) is 2.24. The monoisotopic (exact) mass is 235 g/mol. The highest BCUT2D eigenvalue weighted by Crippen LogP contribution is 2.32. The molecule has 0 bridgehead atoms. The Hall–Kier alpha value is -1.55. The van der Waals surface area contributed by atoms with Gasteiger partial charge in [0, 0.05) is 0 Å². The van der Waals surface area contributed by atoms with Crippen LogP contribution in [0.3, 0.4) is 0 Å². The van der Waals surface area contributed by atoms with Crippen LogP contribution in [0.2, 0.25) is 0 Å². The van der Waals surface area contributed by atoms with E-state index in [0.29, 0.717) is 5.92 Å². The molecule has 1 aromatic carbocycles. The predicted molar refractivity (Wildman–Crippen MR) is 64.0 cm³/mol. The van der Waals surface area contributed by atoms with Gasteiger partial charge in [0.05, 0.1) is 13.1 Å². The van der Waals surface area contributed by atoms with Gasteiger partial charge in [0.25, 0.3) is 0 Å². The molecule has 1 saturated heterocycles. The Kier molecular flexibility index (Phi) is 2.83. The van der Waals surface area contributed by atoms with E-state index in [4.69, 9.17) is 5.11 Å². The van der Waals surface area contributed by atoms with Crippen molar-refractivity contribution in [3.63, 3.8) is 0 Å². The summed E-state index contributed by atoms with van der Waals surface area (Å²) in [6, 6.07) is 7.74. The lowest BCUT2D eigenvalue weighted by molar-refractivity contribution is -0.0898. The highest BCUT2D eigenvalue weighted by molar-refractivity contribution is 5.67. The van der Waals surface area contributed by atoms with Crippen LogP contribution in [-0.4, -0.2) is 34.3 Å². The van der Waals surface area contributed by atoms with Gasteiger partial charge in [0.15, 0.2) is 0 Å². The topological polar surface area (TPSA) is 60.8 Å². The number of nitrogens with zero attached hydrogens (tertiary/aromatic N) is 1. The first-order valence-corrected chi connectivity index (χ1v) is 5.73. The van der Waals surface area contributed by atoms with Gasteiger partial charge in [-0.2, -0.15) is 0 Å². The molecule has 1 amide bonds. The zero-order valence-electron chi connectivity index (χ0n) is 10.1. The van der Waals surface area contributed by atoms with Crippen molar-refractivity contribution in [3.05, 3.63) is 35.4 Å². The highest BCUT2D eigenvalue weighted by atomic mass is 16.4. The number of hydrogen-bond donors (Lipinski definition) is 2. The normalized spacial score (nSPS) is 18.0. The van der Waals surface area contributed by atoms with Crippen molar-refractivity contribution in [1.29, 1.82) is 0 Å². The van der Waals surface area contributed by atoms with Crippen molar-refractivity contribution >= 4 is 6.09 Å². The fraction of sp³-hybridized carbons (Fsp3) is 0.462. The van der Waals surface area contributed by atoms with E-state index >= 15 is 0 Å². The number of rotatable bonds is 2. The Morgan fingerprint density at radius 2 is 1.82 bits per heavy atom. The molecule has 4 nitrogen and oxygen atoms in total. The number of benzene rings is 1. The van der Waals surface area contributed by atoms with E-state index in [0.717, 1.165) is 5.56 Å². The molecule has 2 rings (SSSR count). The van der Waals surface area contributed by atoms with Crippen molar-refractivity contribution in [3.8, 4) is 0 Å². The second kappa shape index (κ2) is 4.04. The van der Waals surface area contributed by atoms with Crippen molar-refractivity contribution in [2.45, 2.75) is 25.4 Å². The van der Waals surface area contributed by atoms with Gasteiger partial charge in [-0.1, -0.05) is 38.1 Å². The predicted octanol–water partition coefficient (Wildman–Crippen LogP) is 1.99. The largest absolute Gasteiger partial charge is 0.465 e. The fourth-order valence-corrected chi connectivity index (χ4v) is 2.08. The molecule has 0 unspecified atom stereocenters. The SMILES string of the molecule is CC(C)c1ccc(C2(O)CN(C(=O)O)C2)cc1. The molecule has 1 aliphatic heterocycles. The summed E-state index contributed by atoms with van der Waals surface area (Å²) < 4.78 is 0. The Morgan fingerprint density at radius 1 is 1.29 bits per heavy atom. The first-order chi connectivity index (χ1) is 7.92. The smallest absolute Gasteiger partial charge is 0.407 e. The van der Waals surface area contributed by atoms with Crippen LogP contribution in [-0.2, 0) is 5.60 Å². The van der Waals surface area contributed by atoms with Crippen LogP contribution in [0.15, 0.2) is 24.3 Å². The molecule has 1 fully saturated rings. The summed E-state index contributed by atoms with van der Waals surface area (Å²) in [4.78, 5) is 11.9. The van der Waals surface area contributed by atoms with E-state index in [2.05, 4.69) is 13.8 Å². The third-order valence-electron chi connectivity index (χ3n) is 3.29. The molecule has 17 heavy (non-hydrogen) atoms. The Bertz CT molecular complexity index is 419. The molecular formula is C13H17NO3. The Balaban J connectivity index is 2.11. The number of likely N-dealkylation sites (tertiary alicyclic amines) is 1. The maximum absolute atomic E-state index is 10.7. The minimum absolute atomic E-state index is 0.156. The molecule has 0 radical (unpaired) electrons. The molecule has 0 saturated carbocycles. The van der Waals surface area contributed by atoms with E-state index in [1.54, 1.807) is 0 Å². The van der Waals surface area contributed by atoms with Crippen molar-refractivity contribution in [2.24, 2.45) is 0 Å². The Labute approximate surface area is 100 Å². The van der Waals surface area contributed by atoms with E-state index in [1.165, 1.54) is 10.5 Å². The number of β-amino-alcohol motifs (C(OH)–C–C–N with tert-alkyl or cyclic N) is 1. The molecule has 0 aliphatic carbocycles. The number of carboxylic acid groups (broad SMARTS) is 1. The maximum atomic E-state index is 10.7. The lowest BCUT2D eigenvalue weighted by Crippen LogP contribution is -2.60. The van der Waals surface area contributed by atoms with Crippen LogP contribution in [0.1, 0.15) is 30.9 Å². The van der Waals surface area contributed by atoms with Crippen LogP contribution in [0, 0.1) is 0 Å². The molecular weight excluding hydrogens is 218 g/mol. The quantitative estimate of drug-likeness (QED) is 0.824. The standard InChI is InChI=1S/C13H17NO3/c1-9(2)10-3-5-11(6-4-10)13(17)7-14(8-13)12(15)16/h3-6,9,17H,7-8H2,1-2H3,(H,15,16). The van der Waals surface area contributed by atoms with Crippen LogP contribution >= 0.6 is 0 Å². The average molecular weight is 235 g/mol. The number of amides is 1. The molecule has 1 aliphatic rings. The van der Waals surface area contributed by atoms with Crippen LogP contribution in [0.5, 0.6) is 0 Å². The lowest BCUT2D eigenvalue weighted by atomic mass is 9.85. The second-order valence-electron chi connectivity index (χ2n) is 4.95. The molecule has 0 aromatic heterocycles. The van der Waals surface area contributed by atoms with Crippen molar-refractivity contribution in [1.82, 2.24) is 4.90 Å². The van der Waals surface area contributed by atoms with Gasteiger partial charge in [0.1, 0.15) is 5.60 Å². The molecule has 2 N–H and O–H groups in total. The minimum Gasteiger partial charge on any atom is -0.465 e. The zero-order valence-corrected chi connectivity index (χ0v) is 10.1. The zero-order chi connectivity index (χ0) is 12.6. The number of hydrogen-bond acceptors (Lipinski definition) is 2. The van der Waals surface area contributed by atoms with E-state index < -0.39 is 11.7 Å². The van der Waals surface area contributed by atoms with Gasteiger partial charge < -0.3 is 15.1 Å². The number of carbonyl (C=O) groups is 1.